The van der Waals surface area contributed by atoms with Gasteiger partial charge in [0.1, 0.15) is 0 Å². The summed E-state index contributed by atoms with van der Waals surface area (Å²) in [6.07, 6.45) is 4.46. The van der Waals surface area contributed by atoms with Gasteiger partial charge < -0.3 is 4.43 Å². The molecule has 0 saturated carbocycles. The number of carbonyl (C=O) groups is 1. The van der Waals surface area contributed by atoms with Gasteiger partial charge in [-0.3, -0.25) is 4.79 Å². The molecular formula is C24H32O2Si. The number of allylic oxidation sites excluding steroid dienone is 2. The number of carbonyl (C=O) groups excluding carboxylic acids is 1. The first-order chi connectivity index (χ1) is 12.8. The van der Waals surface area contributed by atoms with E-state index in [-0.39, 0.29) is 10.8 Å². The van der Waals surface area contributed by atoms with Crippen LogP contribution in [0.3, 0.4) is 0 Å². The molecule has 2 nitrogen and oxygen atoms in total. The van der Waals surface area contributed by atoms with Crippen molar-refractivity contribution in [3.8, 4) is 0 Å². The van der Waals surface area contributed by atoms with Crippen molar-refractivity contribution in [1.29, 1.82) is 0 Å². The fourth-order valence-electron chi connectivity index (χ4n) is 3.56. The Morgan fingerprint density at radius 1 is 1.00 bits per heavy atom. The predicted octanol–water partition coefficient (Wildman–Crippen LogP) is 4.73. The molecule has 2 rings (SSSR count). The molecule has 0 aliphatic carbocycles. The van der Waals surface area contributed by atoms with Gasteiger partial charge in [-0.05, 0) is 40.8 Å². The summed E-state index contributed by atoms with van der Waals surface area (Å²) in [6, 6.07) is 21.4. The van der Waals surface area contributed by atoms with Crippen molar-refractivity contribution in [2.75, 3.05) is 6.61 Å². The second-order valence-electron chi connectivity index (χ2n) is 8.33. The van der Waals surface area contributed by atoms with Crippen LogP contribution in [0.4, 0.5) is 0 Å². The standard InChI is InChI=1S/C24H32O2Si/c1-20(13-12-14-21(2)25)19-26-27(24(3,4)5,22-15-8-6-9-16-22)23-17-10-7-11-18-23/h6-12,14-18,20H,13,19H2,1-5H3/b14-12+/t20-/m1/s1. The Balaban J connectivity index is 2.39. The van der Waals surface area contributed by atoms with E-state index >= 15 is 0 Å². The van der Waals surface area contributed by atoms with Crippen LogP contribution in [0.1, 0.15) is 41.0 Å². The Kier molecular flexibility index (Phi) is 7.34. The molecule has 2 aromatic rings. The summed E-state index contributed by atoms with van der Waals surface area (Å²) < 4.78 is 6.91. The van der Waals surface area contributed by atoms with Crippen LogP contribution in [0, 0.1) is 5.92 Å². The first-order valence-electron chi connectivity index (χ1n) is 9.69. The quantitative estimate of drug-likeness (QED) is 0.489. The van der Waals surface area contributed by atoms with Crippen LogP contribution in [0.25, 0.3) is 0 Å². The molecule has 0 unspecified atom stereocenters. The largest absolute Gasteiger partial charge is 0.407 e. The van der Waals surface area contributed by atoms with Gasteiger partial charge in [0.15, 0.2) is 5.78 Å². The smallest absolute Gasteiger partial charge is 0.261 e. The molecule has 2 aromatic carbocycles. The molecule has 0 heterocycles. The lowest BCUT2D eigenvalue weighted by Gasteiger charge is -2.43. The number of hydrogen-bond donors (Lipinski definition) is 0. The molecule has 0 aromatic heterocycles. The van der Waals surface area contributed by atoms with Gasteiger partial charge in [-0.1, -0.05) is 94.4 Å². The number of hydrogen-bond acceptors (Lipinski definition) is 2. The predicted molar refractivity (Wildman–Crippen MR) is 117 cm³/mol. The van der Waals surface area contributed by atoms with E-state index in [0.29, 0.717) is 12.5 Å². The second-order valence-corrected chi connectivity index (χ2v) is 12.6. The van der Waals surface area contributed by atoms with E-state index in [1.165, 1.54) is 10.4 Å². The van der Waals surface area contributed by atoms with Gasteiger partial charge in [-0.25, -0.2) is 0 Å². The molecule has 0 radical (unpaired) electrons. The summed E-state index contributed by atoms with van der Waals surface area (Å²) in [5.41, 5.74) is 0. The van der Waals surface area contributed by atoms with E-state index in [2.05, 4.69) is 88.4 Å². The van der Waals surface area contributed by atoms with Crippen LogP contribution < -0.4 is 10.4 Å². The zero-order valence-electron chi connectivity index (χ0n) is 17.2. The van der Waals surface area contributed by atoms with Gasteiger partial charge in [0.2, 0.25) is 0 Å². The van der Waals surface area contributed by atoms with Crippen molar-refractivity contribution >= 4 is 24.5 Å². The van der Waals surface area contributed by atoms with Crippen LogP contribution in [0.15, 0.2) is 72.8 Å². The van der Waals surface area contributed by atoms with Crippen molar-refractivity contribution in [2.45, 2.75) is 46.1 Å². The summed E-state index contributed by atoms with van der Waals surface area (Å²) in [4.78, 5) is 11.1. The van der Waals surface area contributed by atoms with Gasteiger partial charge in [-0.2, -0.15) is 0 Å². The van der Waals surface area contributed by atoms with Gasteiger partial charge >= 0.3 is 0 Å². The third kappa shape index (κ3) is 5.27. The number of ketones is 1. The average Bonchev–Trinajstić information content (AvgIpc) is 2.62. The fraction of sp³-hybridized carbons (Fsp3) is 0.375. The SMILES string of the molecule is CC(=O)/C=C/C[C@@H](C)CO[Si](c1ccccc1)(c1ccccc1)C(C)(C)C. The Hall–Kier alpha value is -1.97. The van der Waals surface area contributed by atoms with E-state index in [0.717, 1.165) is 6.42 Å². The topological polar surface area (TPSA) is 26.3 Å². The molecule has 0 spiro atoms. The van der Waals surface area contributed by atoms with Crippen LogP contribution in [-0.4, -0.2) is 20.7 Å². The molecule has 0 saturated heterocycles. The highest BCUT2D eigenvalue weighted by Gasteiger charge is 2.50. The molecule has 0 amide bonds. The lowest BCUT2D eigenvalue weighted by Crippen LogP contribution is -2.66. The lowest BCUT2D eigenvalue weighted by atomic mass is 10.1. The number of benzene rings is 2. The van der Waals surface area contributed by atoms with Crippen molar-refractivity contribution in [2.24, 2.45) is 5.92 Å². The van der Waals surface area contributed by atoms with E-state index in [1.807, 2.05) is 6.08 Å². The van der Waals surface area contributed by atoms with Crippen LogP contribution in [0.5, 0.6) is 0 Å². The van der Waals surface area contributed by atoms with Crippen molar-refractivity contribution in [3.63, 3.8) is 0 Å². The molecule has 0 bridgehead atoms. The Morgan fingerprint density at radius 3 is 1.89 bits per heavy atom. The Morgan fingerprint density at radius 2 is 1.48 bits per heavy atom. The van der Waals surface area contributed by atoms with Crippen molar-refractivity contribution in [1.82, 2.24) is 0 Å². The van der Waals surface area contributed by atoms with Gasteiger partial charge in [0, 0.05) is 6.61 Å². The highest BCUT2D eigenvalue weighted by molar-refractivity contribution is 6.99. The molecule has 1 atom stereocenters. The van der Waals surface area contributed by atoms with E-state index < -0.39 is 8.32 Å². The second kappa shape index (κ2) is 9.29. The van der Waals surface area contributed by atoms with Gasteiger partial charge in [-0.15, -0.1) is 0 Å². The first-order valence-corrected chi connectivity index (χ1v) is 11.6. The maximum absolute atomic E-state index is 11.1. The first kappa shape index (κ1) is 21.3. The molecule has 0 aliphatic rings. The van der Waals surface area contributed by atoms with Crippen LogP contribution >= 0.6 is 0 Å². The summed E-state index contributed by atoms with van der Waals surface area (Å²) in [5, 5.41) is 2.59. The zero-order valence-corrected chi connectivity index (χ0v) is 18.2. The zero-order chi connectivity index (χ0) is 19.9. The van der Waals surface area contributed by atoms with E-state index in [9.17, 15) is 4.79 Å². The van der Waals surface area contributed by atoms with Crippen molar-refractivity contribution in [3.05, 3.63) is 72.8 Å². The molecule has 3 heteroatoms. The van der Waals surface area contributed by atoms with Gasteiger partial charge in [0.25, 0.3) is 8.32 Å². The Labute approximate surface area is 165 Å². The highest BCUT2D eigenvalue weighted by atomic mass is 28.4. The fourth-order valence-corrected chi connectivity index (χ4v) is 8.25. The van der Waals surface area contributed by atoms with Gasteiger partial charge in [0.05, 0.1) is 0 Å². The van der Waals surface area contributed by atoms with Crippen LogP contribution in [-0.2, 0) is 9.22 Å². The average molecular weight is 381 g/mol. The van der Waals surface area contributed by atoms with Crippen LogP contribution in [0.2, 0.25) is 5.04 Å². The van der Waals surface area contributed by atoms with E-state index in [1.54, 1.807) is 13.0 Å². The summed E-state index contributed by atoms with van der Waals surface area (Å²) in [7, 11) is -2.46. The molecule has 0 fully saturated rings. The summed E-state index contributed by atoms with van der Waals surface area (Å²) in [5.74, 6) is 0.442. The van der Waals surface area contributed by atoms with E-state index in [4.69, 9.17) is 4.43 Å². The maximum Gasteiger partial charge on any atom is 0.261 e. The van der Waals surface area contributed by atoms with Crippen molar-refractivity contribution < 1.29 is 9.22 Å². The minimum atomic E-state index is -2.46. The lowest BCUT2D eigenvalue weighted by molar-refractivity contribution is -0.112. The normalized spacial score (nSPS) is 13.7. The third-order valence-corrected chi connectivity index (χ3v) is 9.90. The molecular weight excluding hydrogens is 348 g/mol. The third-order valence-electron chi connectivity index (χ3n) is 4.89. The molecule has 0 N–H and O–H groups in total. The maximum atomic E-state index is 11.1. The summed E-state index contributed by atoms with van der Waals surface area (Å²) >= 11 is 0. The number of rotatable bonds is 8. The Bertz CT molecular complexity index is 705. The highest BCUT2D eigenvalue weighted by Crippen LogP contribution is 2.37. The minimum Gasteiger partial charge on any atom is -0.407 e. The summed E-state index contributed by atoms with van der Waals surface area (Å²) in [6.45, 7) is 11.3. The molecule has 0 aliphatic heterocycles. The molecule has 144 valence electrons. The minimum absolute atomic E-state index is 0.00928. The monoisotopic (exact) mass is 380 g/mol. The molecule has 27 heavy (non-hydrogen) atoms.